The summed E-state index contributed by atoms with van der Waals surface area (Å²) in [5.41, 5.74) is 1.12. The molecular weight excluding hydrogens is 953 g/mol. The fourth-order valence-corrected chi connectivity index (χ4v) is 11.7. The predicted octanol–water partition coefficient (Wildman–Crippen LogP) is 24.6. The van der Waals surface area contributed by atoms with Crippen molar-refractivity contribution in [1.29, 1.82) is 0 Å². The van der Waals surface area contributed by atoms with Gasteiger partial charge in [0, 0.05) is 18.7 Å². The van der Waals surface area contributed by atoms with Crippen LogP contribution in [0.25, 0.3) is 0 Å². The molecule has 0 saturated carbocycles. The standard InChI is InChI=1S/C73H138N2O3/c1-4-7-10-13-16-18-20-22-24-26-28-30-32-34-36-38-40-42-44-46-48-50-52-54-57-60-65-74-72(76)69-63-64-70(71(68-69)78-67-62-59-56-15-12-9-6-3)73(77)75-66-61-58-55-53-51-49-47-45-43-41-39-37-35-33-31-29-27-25-23-21-19-17-14-11-8-5-2/h63-64,68H,4-62,65-67H2,1-3H3,(H,74,76)(H,75,77). The minimum absolute atomic E-state index is 0.0760. The number of hydrogen-bond acceptors (Lipinski definition) is 3. The average Bonchev–Trinajstić information content (AvgIpc) is 3.45. The maximum absolute atomic E-state index is 13.4. The van der Waals surface area contributed by atoms with Crippen LogP contribution in [0.4, 0.5) is 0 Å². The third-order valence-corrected chi connectivity index (χ3v) is 17.1. The summed E-state index contributed by atoms with van der Waals surface area (Å²) in [6.07, 6.45) is 80.9. The fraction of sp³-hybridized carbons (Fsp3) is 0.890. The second-order valence-corrected chi connectivity index (χ2v) is 24.9. The number of hydrogen-bond donors (Lipinski definition) is 2. The predicted molar refractivity (Wildman–Crippen MR) is 346 cm³/mol. The van der Waals surface area contributed by atoms with Crippen molar-refractivity contribution < 1.29 is 14.3 Å². The summed E-state index contributed by atoms with van der Waals surface area (Å²) in [7, 11) is 0. The summed E-state index contributed by atoms with van der Waals surface area (Å²) in [4.78, 5) is 26.7. The molecule has 5 heteroatoms. The van der Waals surface area contributed by atoms with Crippen LogP contribution in [0, 0.1) is 0 Å². The van der Waals surface area contributed by atoms with E-state index in [1.54, 1.807) is 18.2 Å². The first-order chi connectivity index (χ1) is 38.6. The molecule has 0 heterocycles. The van der Waals surface area contributed by atoms with Crippen molar-refractivity contribution in [2.75, 3.05) is 19.7 Å². The zero-order valence-electron chi connectivity index (χ0n) is 53.3. The molecule has 0 unspecified atom stereocenters. The first-order valence-electron chi connectivity index (χ1n) is 36.0. The van der Waals surface area contributed by atoms with E-state index in [0.29, 0.717) is 36.6 Å². The Balaban J connectivity index is 2.12. The van der Waals surface area contributed by atoms with Crippen LogP contribution >= 0.6 is 0 Å². The summed E-state index contributed by atoms with van der Waals surface area (Å²) >= 11 is 0. The van der Waals surface area contributed by atoms with E-state index >= 15 is 0 Å². The lowest BCUT2D eigenvalue weighted by Gasteiger charge is -2.14. The topological polar surface area (TPSA) is 67.4 Å². The zero-order valence-corrected chi connectivity index (χ0v) is 53.3. The molecule has 0 aliphatic heterocycles. The lowest BCUT2D eigenvalue weighted by molar-refractivity contribution is 0.0937. The molecule has 1 aromatic carbocycles. The highest BCUT2D eigenvalue weighted by Gasteiger charge is 2.16. The van der Waals surface area contributed by atoms with Crippen LogP contribution in [0.5, 0.6) is 5.75 Å². The molecule has 1 rings (SSSR count). The third kappa shape index (κ3) is 52.1. The maximum Gasteiger partial charge on any atom is 0.255 e. The number of ether oxygens (including phenoxy) is 1. The summed E-state index contributed by atoms with van der Waals surface area (Å²) in [6, 6.07) is 5.40. The van der Waals surface area contributed by atoms with Gasteiger partial charge in [0.1, 0.15) is 5.75 Å². The van der Waals surface area contributed by atoms with Crippen LogP contribution in [0.3, 0.4) is 0 Å². The molecule has 0 aromatic heterocycles. The minimum atomic E-state index is -0.0957. The second kappa shape index (κ2) is 62.6. The van der Waals surface area contributed by atoms with Crippen LogP contribution in [-0.2, 0) is 0 Å². The highest BCUT2D eigenvalue weighted by atomic mass is 16.5. The largest absolute Gasteiger partial charge is 0.493 e. The highest BCUT2D eigenvalue weighted by Crippen LogP contribution is 2.23. The van der Waals surface area contributed by atoms with Crippen molar-refractivity contribution in [2.24, 2.45) is 0 Å². The van der Waals surface area contributed by atoms with Gasteiger partial charge in [0.15, 0.2) is 0 Å². The van der Waals surface area contributed by atoms with Crippen LogP contribution in [0.1, 0.15) is 420 Å². The highest BCUT2D eigenvalue weighted by molar-refractivity contribution is 6.00. The maximum atomic E-state index is 13.4. The SMILES string of the molecule is CCCCCCCCCCCCCCCCCCCCCCCCCCCCNC(=O)c1ccc(C(=O)NCCCCCCCCCCCCCCCCCCCCCCCCCCCC)c(OCCCCCCCCC)c1. The lowest BCUT2D eigenvalue weighted by Crippen LogP contribution is -2.26. The van der Waals surface area contributed by atoms with Gasteiger partial charge in [-0.2, -0.15) is 0 Å². The molecule has 1 aromatic rings. The Labute approximate surface area is 488 Å². The summed E-state index contributed by atoms with van der Waals surface area (Å²) in [5, 5.41) is 6.31. The van der Waals surface area contributed by atoms with E-state index in [-0.39, 0.29) is 11.8 Å². The van der Waals surface area contributed by atoms with E-state index in [2.05, 4.69) is 31.4 Å². The number of amides is 2. The summed E-state index contributed by atoms with van der Waals surface area (Å²) in [6.45, 7) is 8.80. The van der Waals surface area contributed by atoms with Gasteiger partial charge in [0.2, 0.25) is 0 Å². The molecule has 2 amide bonds. The van der Waals surface area contributed by atoms with E-state index in [1.165, 1.54) is 340 Å². The first-order valence-corrected chi connectivity index (χ1v) is 36.0. The molecule has 0 aliphatic rings. The van der Waals surface area contributed by atoms with Gasteiger partial charge < -0.3 is 15.4 Å². The van der Waals surface area contributed by atoms with Gasteiger partial charge in [0.05, 0.1) is 12.2 Å². The van der Waals surface area contributed by atoms with Crippen molar-refractivity contribution in [3.05, 3.63) is 29.3 Å². The Morgan fingerprint density at radius 2 is 0.500 bits per heavy atom. The number of benzene rings is 1. The number of carbonyl (C=O) groups excluding carboxylic acids is 2. The van der Waals surface area contributed by atoms with E-state index in [4.69, 9.17) is 4.74 Å². The number of rotatable bonds is 65. The monoisotopic (exact) mass is 1090 g/mol. The van der Waals surface area contributed by atoms with Crippen LogP contribution in [-0.4, -0.2) is 31.5 Å². The van der Waals surface area contributed by atoms with E-state index < -0.39 is 0 Å². The number of carbonyl (C=O) groups is 2. The lowest BCUT2D eigenvalue weighted by atomic mass is 10.0. The van der Waals surface area contributed by atoms with Gasteiger partial charge in [-0.1, -0.05) is 380 Å². The van der Waals surface area contributed by atoms with Crippen molar-refractivity contribution in [3.8, 4) is 5.75 Å². The second-order valence-electron chi connectivity index (χ2n) is 24.9. The minimum Gasteiger partial charge on any atom is -0.493 e. The van der Waals surface area contributed by atoms with Gasteiger partial charge in [-0.15, -0.1) is 0 Å². The molecule has 2 N–H and O–H groups in total. The normalized spacial score (nSPS) is 11.5. The van der Waals surface area contributed by atoms with Crippen molar-refractivity contribution in [3.63, 3.8) is 0 Å². The smallest absolute Gasteiger partial charge is 0.255 e. The van der Waals surface area contributed by atoms with Gasteiger partial charge >= 0.3 is 0 Å². The van der Waals surface area contributed by atoms with Crippen molar-refractivity contribution in [2.45, 2.75) is 400 Å². The molecule has 0 aliphatic carbocycles. The summed E-state index contributed by atoms with van der Waals surface area (Å²) < 4.78 is 6.26. The molecule has 0 radical (unpaired) electrons. The number of nitrogens with one attached hydrogen (secondary N) is 2. The average molecular weight is 1090 g/mol. The first kappa shape index (κ1) is 74.0. The quantitative estimate of drug-likeness (QED) is 0.0639. The Morgan fingerprint density at radius 1 is 0.282 bits per heavy atom. The molecule has 0 spiro atoms. The van der Waals surface area contributed by atoms with Crippen molar-refractivity contribution in [1.82, 2.24) is 10.6 Å². The van der Waals surface area contributed by atoms with Gasteiger partial charge in [-0.25, -0.2) is 0 Å². The van der Waals surface area contributed by atoms with E-state index in [1.807, 2.05) is 0 Å². The summed E-state index contributed by atoms with van der Waals surface area (Å²) in [5.74, 6) is 0.367. The van der Waals surface area contributed by atoms with Gasteiger partial charge in [0.25, 0.3) is 11.8 Å². The molecule has 458 valence electrons. The zero-order chi connectivity index (χ0) is 56.0. The fourth-order valence-electron chi connectivity index (χ4n) is 11.7. The molecule has 5 nitrogen and oxygen atoms in total. The van der Waals surface area contributed by atoms with E-state index in [9.17, 15) is 9.59 Å². The van der Waals surface area contributed by atoms with Crippen LogP contribution in [0.15, 0.2) is 18.2 Å². The molecule has 0 bridgehead atoms. The Morgan fingerprint density at radius 3 is 0.756 bits per heavy atom. The van der Waals surface area contributed by atoms with Gasteiger partial charge in [-0.3, -0.25) is 9.59 Å². The van der Waals surface area contributed by atoms with E-state index in [0.717, 1.165) is 38.5 Å². The van der Waals surface area contributed by atoms with Gasteiger partial charge in [-0.05, 0) is 37.5 Å². The third-order valence-electron chi connectivity index (χ3n) is 17.1. The van der Waals surface area contributed by atoms with Crippen LogP contribution in [0.2, 0.25) is 0 Å². The Kier molecular flexibility index (Phi) is 59.3. The molecule has 78 heavy (non-hydrogen) atoms. The van der Waals surface area contributed by atoms with Crippen molar-refractivity contribution >= 4 is 11.8 Å². The Bertz CT molecular complexity index is 1360. The molecular formula is C73H138N2O3. The molecule has 0 saturated heterocycles. The molecule has 0 atom stereocenters. The number of unbranched alkanes of at least 4 members (excludes halogenated alkanes) is 56. The Hall–Kier alpha value is -2.04. The molecule has 0 fully saturated rings. The van der Waals surface area contributed by atoms with Crippen LogP contribution < -0.4 is 15.4 Å².